The zero-order valence-electron chi connectivity index (χ0n) is 13.0. The van der Waals surface area contributed by atoms with E-state index in [4.69, 9.17) is 9.84 Å². The SMILES string of the molecule is COc1c(C)ccc(C(C)C)c1-c1cc(C(=O)O)nn1C. The van der Waals surface area contributed by atoms with Crippen molar-refractivity contribution in [2.24, 2.45) is 7.05 Å². The highest BCUT2D eigenvalue weighted by molar-refractivity contribution is 5.88. The van der Waals surface area contributed by atoms with Gasteiger partial charge in [0.25, 0.3) is 0 Å². The highest BCUT2D eigenvalue weighted by Gasteiger charge is 2.21. The van der Waals surface area contributed by atoms with Gasteiger partial charge in [0.1, 0.15) is 5.75 Å². The summed E-state index contributed by atoms with van der Waals surface area (Å²) < 4.78 is 7.15. The molecule has 0 aliphatic carbocycles. The van der Waals surface area contributed by atoms with Crippen LogP contribution in [0.5, 0.6) is 5.75 Å². The maximum absolute atomic E-state index is 11.1. The average molecular weight is 288 g/mol. The van der Waals surface area contributed by atoms with E-state index in [1.54, 1.807) is 24.9 Å². The zero-order valence-corrected chi connectivity index (χ0v) is 13.0. The lowest BCUT2D eigenvalue weighted by atomic mass is 9.92. The molecule has 0 saturated carbocycles. The molecule has 0 saturated heterocycles. The first-order chi connectivity index (χ1) is 9.86. The molecular formula is C16H20N2O3. The van der Waals surface area contributed by atoms with E-state index in [1.807, 2.05) is 13.0 Å². The van der Waals surface area contributed by atoms with Crippen LogP contribution in [0, 0.1) is 6.92 Å². The van der Waals surface area contributed by atoms with Crippen molar-refractivity contribution in [1.29, 1.82) is 0 Å². The van der Waals surface area contributed by atoms with Gasteiger partial charge in [0.05, 0.1) is 12.8 Å². The summed E-state index contributed by atoms with van der Waals surface area (Å²) in [6.45, 7) is 6.17. The largest absolute Gasteiger partial charge is 0.496 e. The third kappa shape index (κ3) is 2.63. The second kappa shape index (κ2) is 5.60. The van der Waals surface area contributed by atoms with Crippen LogP contribution in [0.3, 0.4) is 0 Å². The number of carboxylic acid groups (broad SMARTS) is 1. The number of hydrogen-bond acceptors (Lipinski definition) is 3. The summed E-state index contributed by atoms with van der Waals surface area (Å²) in [6, 6.07) is 5.67. The Kier molecular flexibility index (Phi) is 4.02. The number of aromatic nitrogens is 2. The standard InChI is InChI=1S/C16H20N2O3/c1-9(2)11-7-6-10(3)15(21-5)14(11)13-8-12(16(19)20)17-18(13)4/h6-9H,1-5H3,(H,19,20). The molecule has 0 unspecified atom stereocenters. The molecule has 21 heavy (non-hydrogen) atoms. The molecule has 0 fully saturated rings. The number of nitrogens with zero attached hydrogens (tertiary/aromatic N) is 2. The van der Waals surface area contributed by atoms with Gasteiger partial charge in [-0.05, 0) is 30.0 Å². The zero-order chi connectivity index (χ0) is 15.7. The van der Waals surface area contributed by atoms with E-state index < -0.39 is 5.97 Å². The maximum atomic E-state index is 11.1. The normalized spacial score (nSPS) is 11.0. The molecule has 112 valence electrons. The Morgan fingerprint density at radius 1 is 1.38 bits per heavy atom. The van der Waals surface area contributed by atoms with Gasteiger partial charge in [0, 0.05) is 12.6 Å². The minimum Gasteiger partial charge on any atom is -0.496 e. The molecule has 0 spiro atoms. The Hall–Kier alpha value is -2.30. The summed E-state index contributed by atoms with van der Waals surface area (Å²) in [7, 11) is 3.37. The molecule has 0 aliphatic rings. The highest BCUT2D eigenvalue weighted by atomic mass is 16.5. The number of carbonyl (C=O) groups is 1. The minimum absolute atomic E-state index is 0.0331. The number of hydrogen-bond donors (Lipinski definition) is 1. The lowest BCUT2D eigenvalue weighted by Crippen LogP contribution is -2.03. The monoisotopic (exact) mass is 288 g/mol. The Morgan fingerprint density at radius 2 is 2.05 bits per heavy atom. The van der Waals surface area contributed by atoms with Gasteiger partial charge in [-0.25, -0.2) is 4.79 Å². The number of aryl methyl sites for hydroxylation is 2. The van der Waals surface area contributed by atoms with E-state index in [0.717, 1.165) is 28.1 Å². The second-order valence-electron chi connectivity index (χ2n) is 5.38. The van der Waals surface area contributed by atoms with Gasteiger partial charge in [-0.2, -0.15) is 5.10 Å². The van der Waals surface area contributed by atoms with E-state index in [9.17, 15) is 4.79 Å². The summed E-state index contributed by atoms with van der Waals surface area (Å²) in [5.74, 6) is 0.0217. The predicted molar refractivity (Wildman–Crippen MR) is 81.0 cm³/mol. The molecular weight excluding hydrogens is 268 g/mol. The summed E-state index contributed by atoms with van der Waals surface area (Å²) >= 11 is 0. The molecule has 5 heteroatoms. The minimum atomic E-state index is -1.03. The van der Waals surface area contributed by atoms with Crippen molar-refractivity contribution in [3.63, 3.8) is 0 Å². The molecule has 1 heterocycles. The average Bonchev–Trinajstić information content (AvgIpc) is 2.80. The van der Waals surface area contributed by atoms with Crippen LogP contribution < -0.4 is 4.74 Å². The first kappa shape index (κ1) is 15.1. The van der Waals surface area contributed by atoms with Crippen LogP contribution in [0.25, 0.3) is 11.3 Å². The summed E-state index contributed by atoms with van der Waals surface area (Å²) in [6.07, 6.45) is 0. The van der Waals surface area contributed by atoms with Crippen molar-refractivity contribution in [1.82, 2.24) is 9.78 Å². The molecule has 0 bridgehead atoms. The lowest BCUT2D eigenvalue weighted by Gasteiger charge is -2.18. The molecule has 0 aliphatic heterocycles. The summed E-state index contributed by atoms with van der Waals surface area (Å²) in [5.41, 5.74) is 3.81. The van der Waals surface area contributed by atoms with Crippen LogP contribution in [0.2, 0.25) is 0 Å². The molecule has 1 aromatic heterocycles. The van der Waals surface area contributed by atoms with Crippen LogP contribution >= 0.6 is 0 Å². The number of methoxy groups -OCH3 is 1. The van der Waals surface area contributed by atoms with Gasteiger partial charge >= 0.3 is 5.97 Å². The Morgan fingerprint density at radius 3 is 2.52 bits per heavy atom. The van der Waals surface area contributed by atoms with Crippen molar-refractivity contribution in [2.45, 2.75) is 26.7 Å². The number of aromatic carboxylic acids is 1. The van der Waals surface area contributed by atoms with Crippen molar-refractivity contribution in [2.75, 3.05) is 7.11 Å². The molecule has 5 nitrogen and oxygen atoms in total. The van der Waals surface area contributed by atoms with Crippen LogP contribution in [0.15, 0.2) is 18.2 Å². The maximum Gasteiger partial charge on any atom is 0.356 e. The number of rotatable bonds is 4. The molecule has 1 N–H and O–H groups in total. The highest BCUT2D eigenvalue weighted by Crippen LogP contribution is 2.39. The van der Waals surface area contributed by atoms with Gasteiger partial charge in [-0.15, -0.1) is 0 Å². The van der Waals surface area contributed by atoms with Crippen LogP contribution in [-0.2, 0) is 7.05 Å². The second-order valence-corrected chi connectivity index (χ2v) is 5.38. The van der Waals surface area contributed by atoms with Crippen molar-refractivity contribution in [3.8, 4) is 17.0 Å². The van der Waals surface area contributed by atoms with Crippen LogP contribution in [0.1, 0.15) is 41.4 Å². The Balaban J connectivity index is 2.77. The first-order valence-electron chi connectivity index (χ1n) is 6.82. The fourth-order valence-electron chi connectivity index (χ4n) is 2.52. The molecule has 0 atom stereocenters. The smallest absolute Gasteiger partial charge is 0.356 e. The fraction of sp³-hybridized carbons (Fsp3) is 0.375. The van der Waals surface area contributed by atoms with E-state index >= 15 is 0 Å². The van der Waals surface area contributed by atoms with Gasteiger partial charge < -0.3 is 9.84 Å². The van der Waals surface area contributed by atoms with E-state index in [0.29, 0.717) is 0 Å². The van der Waals surface area contributed by atoms with Gasteiger partial charge in [0.2, 0.25) is 0 Å². The molecule has 0 amide bonds. The predicted octanol–water partition coefficient (Wildman–Crippen LogP) is 3.23. The third-order valence-corrected chi connectivity index (χ3v) is 3.57. The number of carboxylic acids is 1. The van der Waals surface area contributed by atoms with Crippen molar-refractivity contribution >= 4 is 5.97 Å². The quantitative estimate of drug-likeness (QED) is 0.938. The van der Waals surface area contributed by atoms with E-state index in [1.165, 1.54) is 0 Å². The molecule has 0 radical (unpaired) electrons. The lowest BCUT2D eigenvalue weighted by molar-refractivity contribution is 0.0689. The molecule has 2 rings (SSSR count). The van der Waals surface area contributed by atoms with Gasteiger partial charge in [-0.1, -0.05) is 26.0 Å². The topological polar surface area (TPSA) is 64.3 Å². The van der Waals surface area contributed by atoms with E-state index in [2.05, 4.69) is 25.0 Å². The Bertz CT molecular complexity index is 687. The van der Waals surface area contributed by atoms with Crippen molar-refractivity contribution < 1.29 is 14.6 Å². The van der Waals surface area contributed by atoms with E-state index in [-0.39, 0.29) is 11.6 Å². The van der Waals surface area contributed by atoms with Crippen LogP contribution in [0.4, 0.5) is 0 Å². The van der Waals surface area contributed by atoms with Crippen LogP contribution in [-0.4, -0.2) is 28.0 Å². The number of ether oxygens (including phenoxy) is 1. The summed E-state index contributed by atoms with van der Waals surface area (Å²) in [4.78, 5) is 11.1. The summed E-state index contributed by atoms with van der Waals surface area (Å²) in [5, 5.41) is 13.2. The fourth-order valence-corrected chi connectivity index (χ4v) is 2.52. The van der Waals surface area contributed by atoms with Crippen molar-refractivity contribution in [3.05, 3.63) is 35.0 Å². The van der Waals surface area contributed by atoms with Gasteiger partial charge in [0.15, 0.2) is 5.69 Å². The molecule has 2 aromatic rings. The first-order valence-corrected chi connectivity index (χ1v) is 6.82. The molecule has 1 aromatic carbocycles. The Labute approximate surface area is 124 Å². The number of benzene rings is 1. The third-order valence-electron chi connectivity index (χ3n) is 3.57. The van der Waals surface area contributed by atoms with Gasteiger partial charge in [-0.3, -0.25) is 4.68 Å².